The normalized spacial score (nSPS) is 12.7. The van der Waals surface area contributed by atoms with Gasteiger partial charge in [-0.05, 0) is 54.8 Å². The van der Waals surface area contributed by atoms with Crippen molar-refractivity contribution in [1.29, 1.82) is 0 Å². The molecule has 0 atom stereocenters. The quantitative estimate of drug-likeness (QED) is 0.352. The zero-order valence-electron chi connectivity index (χ0n) is 21.1. The molecule has 0 saturated carbocycles. The highest BCUT2D eigenvalue weighted by molar-refractivity contribution is 7.92. The van der Waals surface area contributed by atoms with E-state index in [4.69, 9.17) is 21.1 Å². The summed E-state index contributed by atoms with van der Waals surface area (Å²) in [4.78, 5) is 15.0. The first-order valence-electron chi connectivity index (χ1n) is 12.0. The van der Waals surface area contributed by atoms with Gasteiger partial charge >= 0.3 is 0 Å². The Morgan fingerprint density at radius 1 is 1.08 bits per heavy atom. The molecule has 38 heavy (non-hydrogen) atoms. The van der Waals surface area contributed by atoms with E-state index < -0.39 is 28.3 Å². The molecule has 4 rings (SSSR count). The minimum Gasteiger partial charge on any atom is -0.493 e. The molecule has 0 aromatic heterocycles. The number of anilines is 2. The summed E-state index contributed by atoms with van der Waals surface area (Å²) in [5, 5.41) is 2.54. The number of hydrogen-bond acceptors (Lipinski definition) is 6. The van der Waals surface area contributed by atoms with Crippen molar-refractivity contribution in [2.45, 2.75) is 17.7 Å². The van der Waals surface area contributed by atoms with Crippen molar-refractivity contribution in [2.24, 2.45) is 0 Å². The second-order valence-corrected chi connectivity index (χ2v) is 11.0. The Morgan fingerprint density at radius 2 is 1.84 bits per heavy atom. The standard InChI is InChI=1S/C27H29ClFN3O5S/c1-36-25-11-9-21(17-26(25)37-2)38(34,35)32(20-8-10-23(29)22(28)16-20)18-27(33)30-13-5-14-31-15-12-19-6-3-4-7-24(19)31/h3-4,6-11,16-17H,5,12-15,18H2,1-2H3,(H,30,33). The third-order valence-electron chi connectivity index (χ3n) is 6.33. The van der Waals surface area contributed by atoms with Gasteiger partial charge in [0.25, 0.3) is 10.0 Å². The molecule has 0 aliphatic carbocycles. The molecule has 1 N–H and O–H groups in total. The number of hydrogen-bond donors (Lipinski definition) is 1. The average molecular weight is 562 g/mol. The lowest BCUT2D eigenvalue weighted by Crippen LogP contribution is -2.41. The van der Waals surface area contributed by atoms with Crippen LogP contribution in [0.15, 0.2) is 65.6 Å². The summed E-state index contributed by atoms with van der Waals surface area (Å²) in [6.45, 7) is 1.53. The highest BCUT2D eigenvalue weighted by atomic mass is 35.5. The topological polar surface area (TPSA) is 88.2 Å². The van der Waals surface area contributed by atoms with Gasteiger partial charge in [-0.2, -0.15) is 0 Å². The number of ether oxygens (including phenoxy) is 2. The molecule has 1 amide bonds. The minimum absolute atomic E-state index is 0.0509. The second-order valence-electron chi connectivity index (χ2n) is 8.70. The highest BCUT2D eigenvalue weighted by Crippen LogP contribution is 2.33. The van der Waals surface area contributed by atoms with Gasteiger partial charge in [-0.15, -0.1) is 0 Å². The Labute approximate surface area is 227 Å². The first-order chi connectivity index (χ1) is 18.2. The maximum Gasteiger partial charge on any atom is 0.264 e. The Kier molecular flexibility index (Phi) is 8.63. The van der Waals surface area contributed by atoms with E-state index in [0.29, 0.717) is 18.7 Å². The van der Waals surface area contributed by atoms with Crippen LogP contribution < -0.4 is 24.0 Å². The van der Waals surface area contributed by atoms with Gasteiger partial charge in [0.2, 0.25) is 5.91 Å². The summed E-state index contributed by atoms with van der Waals surface area (Å²) in [7, 11) is -1.44. The van der Waals surface area contributed by atoms with Gasteiger partial charge in [0, 0.05) is 31.4 Å². The van der Waals surface area contributed by atoms with Crippen molar-refractivity contribution in [3.8, 4) is 11.5 Å². The Morgan fingerprint density at radius 3 is 2.58 bits per heavy atom. The molecular weight excluding hydrogens is 533 g/mol. The molecule has 0 bridgehead atoms. The van der Waals surface area contributed by atoms with E-state index >= 15 is 0 Å². The predicted molar refractivity (Wildman–Crippen MR) is 145 cm³/mol. The number of rotatable bonds is 11. The fraction of sp³-hybridized carbons (Fsp3) is 0.296. The number of methoxy groups -OCH3 is 2. The summed E-state index contributed by atoms with van der Waals surface area (Å²) < 4.78 is 52.5. The van der Waals surface area contributed by atoms with Crippen LogP contribution in [0.1, 0.15) is 12.0 Å². The largest absolute Gasteiger partial charge is 0.493 e. The van der Waals surface area contributed by atoms with E-state index in [1.807, 2.05) is 12.1 Å². The molecule has 11 heteroatoms. The summed E-state index contributed by atoms with van der Waals surface area (Å²) >= 11 is 5.94. The number of carbonyl (C=O) groups excluding carboxylic acids is 1. The number of sulfonamides is 1. The van der Waals surface area contributed by atoms with Gasteiger partial charge in [-0.1, -0.05) is 29.8 Å². The third kappa shape index (κ3) is 5.97. The van der Waals surface area contributed by atoms with Gasteiger partial charge in [0.1, 0.15) is 12.4 Å². The number of amides is 1. The van der Waals surface area contributed by atoms with Crippen LogP contribution in [0.5, 0.6) is 11.5 Å². The van der Waals surface area contributed by atoms with Crippen molar-refractivity contribution >= 4 is 38.9 Å². The summed E-state index contributed by atoms with van der Waals surface area (Å²) in [6, 6.07) is 15.8. The van der Waals surface area contributed by atoms with Gasteiger partial charge in [0.15, 0.2) is 11.5 Å². The smallest absolute Gasteiger partial charge is 0.264 e. The van der Waals surface area contributed by atoms with Crippen molar-refractivity contribution < 1.29 is 27.1 Å². The first-order valence-corrected chi connectivity index (χ1v) is 13.9. The number of halogens is 2. The number of nitrogens with zero attached hydrogens (tertiary/aromatic N) is 2. The average Bonchev–Trinajstić information content (AvgIpc) is 3.34. The van der Waals surface area contributed by atoms with Crippen LogP contribution in [0, 0.1) is 5.82 Å². The molecule has 1 heterocycles. The fourth-order valence-corrected chi connectivity index (χ4v) is 5.99. The lowest BCUT2D eigenvalue weighted by molar-refractivity contribution is -0.119. The number of para-hydroxylation sites is 1. The van der Waals surface area contributed by atoms with Crippen LogP contribution in [-0.4, -0.2) is 54.7 Å². The van der Waals surface area contributed by atoms with Crippen molar-refractivity contribution in [3.63, 3.8) is 0 Å². The zero-order valence-corrected chi connectivity index (χ0v) is 22.7. The minimum atomic E-state index is -4.27. The van der Waals surface area contributed by atoms with Gasteiger partial charge in [0.05, 0.1) is 29.8 Å². The van der Waals surface area contributed by atoms with E-state index in [9.17, 15) is 17.6 Å². The Hall–Kier alpha value is -3.50. The zero-order chi connectivity index (χ0) is 27.3. The number of fused-ring (bicyclic) bond motifs is 1. The summed E-state index contributed by atoms with van der Waals surface area (Å²) in [5.74, 6) is -0.650. The third-order valence-corrected chi connectivity index (χ3v) is 8.39. The monoisotopic (exact) mass is 561 g/mol. The Bertz CT molecular complexity index is 1420. The molecule has 1 aliphatic rings. The molecule has 3 aromatic rings. The van der Waals surface area contributed by atoms with Gasteiger partial charge in [-0.3, -0.25) is 9.10 Å². The number of carbonyl (C=O) groups is 1. The van der Waals surface area contributed by atoms with Crippen molar-refractivity contribution in [3.05, 3.63) is 77.1 Å². The van der Waals surface area contributed by atoms with E-state index in [1.54, 1.807) is 0 Å². The molecule has 0 saturated heterocycles. The van der Waals surface area contributed by atoms with Gasteiger partial charge < -0.3 is 19.7 Å². The van der Waals surface area contributed by atoms with E-state index in [0.717, 1.165) is 29.9 Å². The predicted octanol–water partition coefficient (Wildman–Crippen LogP) is 4.26. The van der Waals surface area contributed by atoms with Crippen LogP contribution >= 0.6 is 11.6 Å². The molecule has 8 nitrogen and oxygen atoms in total. The Balaban J connectivity index is 1.48. The highest BCUT2D eigenvalue weighted by Gasteiger charge is 2.29. The molecule has 0 unspecified atom stereocenters. The second kappa shape index (κ2) is 11.9. The van der Waals surface area contributed by atoms with Crippen molar-refractivity contribution in [2.75, 3.05) is 49.6 Å². The lowest BCUT2D eigenvalue weighted by atomic mass is 10.2. The van der Waals surface area contributed by atoms with Crippen LogP contribution in [0.25, 0.3) is 0 Å². The maximum absolute atomic E-state index is 13.8. The van der Waals surface area contributed by atoms with Crippen LogP contribution in [-0.2, 0) is 21.2 Å². The van der Waals surface area contributed by atoms with Crippen LogP contribution in [0.2, 0.25) is 5.02 Å². The first kappa shape index (κ1) is 27.5. The maximum atomic E-state index is 13.8. The molecule has 202 valence electrons. The molecule has 0 radical (unpaired) electrons. The van der Waals surface area contributed by atoms with Crippen LogP contribution in [0.3, 0.4) is 0 Å². The molecule has 3 aromatic carbocycles. The molecular formula is C27H29ClFN3O5S. The van der Waals surface area contributed by atoms with E-state index in [2.05, 4.69) is 22.3 Å². The molecule has 0 spiro atoms. The lowest BCUT2D eigenvalue weighted by Gasteiger charge is -2.25. The number of nitrogens with one attached hydrogen (secondary N) is 1. The van der Waals surface area contributed by atoms with Gasteiger partial charge in [-0.25, -0.2) is 12.8 Å². The van der Waals surface area contributed by atoms with Crippen molar-refractivity contribution in [1.82, 2.24) is 5.32 Å². The SMILES string of the molecule is COc1ccc(S(=O)(=O)N(CC(=O)NCCCN2CCc3ccccc32)c2ccc(F)c(Cl)c2)cc1OC. The fourth-order valence-electron chi connectivity index (χ4n) is 4.38. The number of benzene rings is 3. The van der Waals surface area contributed by atoms with E-state index in [-0.39, 0.29) is 21.4 Å². The van der Waals surface area contributed by atoms with E-state index in [1.165, 1.54) is 55.8 Å². The van der Waals surface area contributed by atoms with Crippen LogP contribution in [0.4, 0.5) is 15.8 Å². The molecule has 0 fully saturated rings. The summed E-state index contributed by atoms with van der Waals surface area (Å²) in [5.41, 5.74) is 2.57. The molecule has 1 aliphatic heterocycles. The summed E-state index contributed by atoms with van der Waals surface area (Å²) in [6.07, 6.45) is 1.68.